The van der Waals surface area contributed by atoms with Crippen molar-refractivity contribution in [3.05, 3.63) is 77.4 Å². The zero-order chi connectivity index (χ0) is 30.5. The third-order valence-corrected chi connectivity index (χ3v) is 7.28. The lowest BCUT2D eigenvalue weighted by atomic mass is 9.90. The number of hydrogen-bond acceptors (Lipinski definition) is 8. The molecule has 224 valence electrons. The van der Waals surface area contributed by atoms with E-state index < -0.39 is 11.9 Å². The van der Waals surface area contributed by atoms with E-state index in [1.807, 2.05) is 56.6 Å². The molecule has 2 aliphatic rings. The number of nitrogens with one attached hydrogen (secondary N) is 1. The van der Waals surface area contributed by atoms with Crippen molar-refractivity contribution in [2.75, 3.05) is 57.2 Å². The lowest BCUT2D eigenvalue weighted by molar-refractivity contribution is -0.117. The number of rotatable bonds is 10. The van der Waals surface area contributed by atoms with Gasteiger partial charge in [-0.25, -0.2) is 4.79 Å². The van der Waals surface area contributed by atoms with Crippen LogP contribution in [0.3, 0.4) is 0 Å². The first-order valence-electron chi connectivity index (χ1n) is 14.4. The molecular formula is C33H36N4O6. The monoisotopic (exact) mass is 584 g/mol. The maximum absolute atomic E-state index is 13.5. The van der Waals surface area contributed by atoms with E-state index in [4.69, 9.17) is 19.2 Å². The average molecular weight is 585 g/mol. The molecule has 0 spiro atoms. The van der Waals surface area contributed by atoms with Crippen LogP contribution >= 0.6 is 0 Å². The van der Waals surface area contributed by atoms with Crippen LogP contribution in [0.25, 0.3) is 0 Å². The van der Waals surface area contributed by atoms with E-state index in [1.54, 1.807) is 36.9 Å². The summed E-state index contributed by atoms with van der Waals surface area (Å²) in [6.07, 6.45) is 0.842. The highest BCUT2D eigenvalue weighted by Gasteiger charge is 2.36. The smallest absolute Gasteiger partial charge is 0.338 e. The lowest BCUT2D eigenvalue weighted by Crippen LogP contribution is -2.31. The summed E-state index contributed by atoms with van der Waals surface area (Å²) in [6.45, 7) is 5.93. The van der Waals surface area contributed by atoms with Crippen LogP contribution in [0, 0.1) is 0 Å². The third-order valence-electron chi connectivity index (χ3n) is 7.28. The number of ether oxygens (including phenoxy) is 3. The quantitative estimate of drug-likeness (QED) is 0.269. The maximum atomic E-state index is 13.5. The van der Waals surface area contributed by atoms with E-state index in [9.17, 15) is 14.4 Å². The largest absolute Gasteiger partial charge is 0.486 e. The first-order chi connectivity index (χ1) is 20.7. The summed E-state index contributed by atoms with van der Waals surface area (Å²) < 4.78 is 16.7. The standard InChI is InChI=1S/C33H36N4O6/c1-5-41-33(40)23-7-13-26-27(19-23)35-32(39)30(26)31(22-8-14-28-29(20-22)43-18-17-42-28)34-24-9-11-25(12-10-24)37(21(2)38)16-6-15-36(3)4/h7-14,19-20,30H,5-6,15-18H2,1-4H3,(H,35,39). The van der Waals surface area contributed by atoms with Crippen LogP contribution in [-0.2, 0) is 14.3 Å². The normalized spacial score (nSPS) is 15.6. The van der Waals surface area contributed by atoms with Gasteiger partial charge >= 0.3 is 5.97 Å². The third kappa shape index (κ3) is 6.70. The van der Waals surface area contributed by atoms with Crippen molar-refractivity contribution < 1.29 is 28.6 Å². The number of fused-ring (bicyclic) bond motifs is 2. The van der Waals surface area contributed by atoms with E-state index >= 15 is 0 Å². The highest BCUT2D eigenvalue weighted by Crippen LogP contribution is 2.39. The Kier molecular flexibility index (Phi) is 9.06. The summed E-state index contributed by atoms with van der Waals surface area (Å²) in [4.78, 5) is 47.0. The SMILES string of the molecule is CCOC(=O)c1ccc2c(c1)NC(=O)C2C(=Nc1ccc(N(CCCN(C)C)C(C)=O)cc1)c1ccc2c(c1)OCCO2. The Morgan fingerprint density at radius 1 is 0.953 bits per heavy atom. The second-order valence-electron chi connectivity index (χ2n) is 10.6. The first kappa shape index (κ1) is 29.8. The number of nitrogens with zero attached hydrogens (tertiary/aromatic N) is 3. The van der Waals surface area contributed by atoms with Crippen molar-refractivity contribution in [2.45, 2.75) is 26.2 Å². The Balaban J connectivity index is 1.52. The van der Waals surface area contributed by atoms with Crippen LogP contribution in [-0.4, -0.2) is 75.4 Å². The number of carbonyl (C=O) groups excluding carboxylic acids is 3. The van der Waals surface area contributed by atoms with Crippen LogP contribution in [0.5, 0.6) is 11.5 Å². The number of hydrogen-bond donors (Lipinski definition) is 1. The van der Waals surface area contributed by atoms with Gasteiger partial charge in [0.1, 0.15) is 19.1 Å². The number of aliphatic imine (C=N–C) groups is 1. The van der Waals surface area contributed by atoms with Gasteiger partial charge in [-0.3, -0.25) is 14.6 Å². The number of amides is 2. The Morgan fingerprint density at radius 2 is 1.67 bits per heavy atom. The number of anilines is 2. The minimum atomic E-state index is -0.742. The number of carbonyl (C=O) groups is 3. The van der Waals surface area contributed by atoms with Gasteiger partial charge in [-0.2, -0.15) is 0 Å². The van der Waals surface area contributed by atoms with Gasteiger partial charge in [-0.1, -0.05) is 6.07 Å². The molecule has 43 heavy (non-hydrogen) atoms. The van der Waals surface area contributed by atoms with Crippen molar-refractivity contribution in [1.82, 2.24) is 4.90 Å². The molecule has 5 rings (SSSR count). The van der Waals surface area contributed by atoms with Crippen molar-refractivity contribution in [3.8, 4) is 11.5 Å². The summed E-state index contributed by atoms with van der Waals surface area (Å²) in [5.41, 5.74) is 4.21. The van der Waals surface area contributed by atoms with Gasteiger partial charge in [-0.05, 0) is 94.1 Å². The zero-order valence-electron chi connectivity index (χ0n) is 24.9. The number of benzene rings is 3. The predicted molar refractivity (Wildman–Crippen MR) is 165 cm³/mol. The molecule has 2 amide bonds. The van der Waals surface area contributed by atoms with Gasteiger partial charge < -0.3 is 29.3 Å². The Labute approximate surface area is 251 Å². The van der Waals surface area contributed by atoms with Crippen LogP contribution in [0.4, 0.5) is 17.1 Å². The summed E-state index contributed by atoms with van der Waals surface area (Å²) in [5, 5.41) is 2.92. The van der Waals surface area contributed by atoms with Gasteiger partial charge in [0.2, 0.25) is 11.8 Å². The van der Waals surface area contributed by atoms with Crippen molar-refractivity contribution >= 4 is 40.6 Å². The van der Waals surface area contributed by atoms with Crippen molar-refractivity contribution in [1.29, 1.82) is 0 Å². The minimum Gasteiger partial charge on any atom is -0.486 e. The topological polar surface area (TPSA) is 110 Å². The van der Waals surface area contributed by atoms with Gasteiger partial charge in [0.25, 0.3) is 0 Å². The number of esters is 1. The molecule has 3 aromatic rings. The highest BCUT2D eigenvalue weighted by atomic mass is 16.6. The van der Waals surface area contributed by atoms with Crippen molar-refractivity contribution in [2.24, 2.45) is 4.99 Å². The summed E-state index contributed by atoms with van der Waals surface area (Å²) >= 11 is 0. The van der Waals surface area contributed by atoms with Gasteiger partial charge in [0.15, 0.2) is 11.5 Å². The van der Waals surface area contributed by atoms with E-state index in [2.05, 4.69) is 10.2 Å². The Hall–Kier alpha value is -4.70. The van der Waals surface area contributed by atoms with Gasteiger partial charge in [0, 0.05) is 30.4 Å². The van der Waals surface area contributed by atoms with Gasteiger partial charge in [-0.15, -0.1) is 0 Å². The summed E-state index contributed by atoms with van der Waals surface area (Å²) in [5.74, 6) is -0.276. The molecule has 10 nitrogen and oxygen atoms in total. The molecule has 1 N–H and O–H groups in total. The molecule has 10 heteroatoms. The van der Waals surface area contributed by atoms with Crippen LogP contribution in [0.15, 0.2) is 65.7 Å². The van der Waals surface area contributed by atoms with E-state index in [1.165, 1.54) is 0 Å². The molecule has 3 aromatic carbocycles. The molecular weight excluding hydrogens is 548 g/mol. The predicted octanol–water partition coefficient (Wildman–Crippen LogP) is 4.80. The summed E-state index contributed by atoms with van der Waals surface area (Å²) in [6, 6.07) is 18.0. The Bertz CT molecular complexity index is 1550. The molecule has 1 unspecified atom stereocenters. The molecule has 0 aliphatic carbocycles. The second-order valence-corrected chi connectivity index (χ2v) is 10.6. The molecule has 2 aliphatic heterocycles. The summed E-state index contributed by atoms with van der Waals surface area (Å²) in [7, 11) is 4.01. The molecule has 0 aromatic heterocycles. The molecule has 0 radical (unpaired) electrons. The highest BCUT2D eigenvalue weighted by molar-refractivity contribution is 6.24. The van der Waals surface area contributed by atoms with Crippen LogP contribution < -0.4 is 19.7 Å². The Morgan fingerprint density at radius 3 is 2.37 bits per heavy atom. The zero-order valence-corrected chi connectivity index (χ0v) is 24.9. The van der Waals surface area contributed by atoms with Crippen LogP contribution in [0.2, 0.25) is 0 Å². The van der Waals surface area contributed by atoms with Crippen LogP contribution in [0.1, 0.15) is 47.7 Å². The average Bonchev–Trinajstić information content (AvgIpc) is 3.32. The van der Waals surface area contributed by atoms with E-state index in [0.29, 0.717) is 65.0 Å². The van der Waals surface area contributed by atoms with Crippen molar-refractivity contribution in [3.63, 3.8) is 0 Å². The molecule has 0 fully saturated rings. The van der Waals surface area contributed by atoms with Gasteiger partial charge in [0.05, 0.1) is 23.6 Å². The fourth-order valence-electron chi connectivity index (χ4n) is 5.23. The molecule has 0 bridgehead atoms. The lowest BCUT2D eigenvalue weighted by Gasteiger charge is -2.22. The van der Waals surface area contributed by atoms with E-state index in [0.717, 1.165) is 18.7 Å². The molecule has 2 heterocycles. The first-order valence-corrected chi connectivity index (χ1v) is 14.4. The van der Waals surface area contributed by atoms with E-state index in [-0.39, 0.29) is 18.4 Å². The minimum absolute atomic E-state index is 0.0339. The fraction of sp³-hybridized carbons (Fsp3) is 0.333. The molecule has 0 saturated heterocycles. The second kappa shape index (κ2) is 13.1. The molecule has 1 atom stereocenters. The maximum Gasteiger partial charge on any atom is 0.338 e. The molecule has 0 saturated carbocycles. The fourth-order valence-corrected chi connectivity index (χ4v) is 5.23.